The minimum Gasteiger partial charge on any atom is -0.497 e. The number of amides is 1. The molecule has 1 aliphatic heterocycles. The lowest BCUT2D eigenvalue weighted by Crippen LogP contribution is -2.41. The van der Waals surface area contributed by atoms with E-state index in [2.05, 4.69) is 9.88 Å². The quantitative estimate of drug-likeness (QED) is 0.909. The highest BCUT2D eigenvalue weighted by atomic mass is 16.5. The molecule has 5 nitrogen and oxygen atoms in total. The second-order valence-electron chi connectivity index (χ2n) is 6.67. The fourth-order valence-electron chi connectivity index (χ4n) is 3.81. The van der Waals surface area contributed by atoms with Crippen LogP contribution in [-0.2, 0) is 0 Å². The van der Waals surface area contributed by atoms with Gasteiger partial charge >= 0.3 is 0 Å². The highest BCUT2D eigenvalue weighted by molar-refractivity contribution is 5.96. The number of aryl methyl sites for hydroxylation is 1. The predicted octanol–water partition coefficient (Wildman–Crippen LogP) is 2.93. The van der Waals surface area contributed by atoms with E-state index in [4.69, 9.17) is 4.74 Å². The Morgan fingerprint density at radius 1 is 1.28 bits per heavy atom. The van der Waals surface area contributed by atoms with Crippen molar-refractivity contribution in [2.75, 3.05) is 27.2 Å². The molecule has 1 aromatic carbocycles. The molecule has 1 fully saturated rings. The van der Waals surface area contributed by atoms with Gasteiger partial charge in [-0.3, -0.25) is 4.79 Å². The molecule has 1 atom stereocenters. The number of benzene rings is 1. The highest BCUT2D eigenvalue weighted by Gasteiger charge is 2.30. The number of hydrogen-bond acceptors (Lipinski definition) is 3. The van der Waals surface area contributed by atoms with Crippen LogP contribution in [0.1, 0.15) is 34.6 Å². The summed E-state index contributed by atoms with van der Waals surface area (Å²) < 4.78 is 7.37. The minimum atomic E-state index is 0.144. The van der Waals surface area contributed by atoms with E-state index in [0.29, 0.717) is 6.04 Å². The number of carbonyl (C=O) groups is 1. The van der Waals surface area contributed by atoms with Crippen molar-refractivity contribution in [1.29, 1.82) is 0 Å². The van der Waals surface area contributed by atoms with Crippen LogP contribution in [0.15, 0.2) is 30.3 Å². The van der Waals surface area contributed by atoms with Crippen LogP contribution in [0.4, 0.5) is 0 Å². The van der Waals surface area contributed by atoms with Crippen LogP contribution in [0.25, 0.3) is 5.69 Å². The Hall–Kier alpha value is -2.27. The van der Waals surface area contributed by atoms with Gasteiger partial charge in [0.2, 0.25) is 0 Å². The summed E-state index contributed by atoms with van der Waals surface area (Å²) in [4.78, 5) is 15.1. The number of nitrogens with one attached hydrogen (secondary N) is 1. The van der Waals surface area contributed by atoms with Crippen molar-refractivity contribution < 1.29 is 9.53 Å². The van der Waals surface area contributed by atoms with E-state index in [1.54, 1.807) is 7.11 Å². The van der Waals surface area contributed by atoms with E-state index in [1.165, 1.54) is 0 Å². The van der Waals surface area contributed by atoms with Crippen molar-refractivity contribution >= 4 is 5.91 Å². The topological polar surface area (TPSA) is 46.5 Å². The standard InChI is InChI=1S/C20H27N3O2/c1-14-12-19(20(24)22-11-5-6-17(22)13-21-3)15(2)23(14)16-7-9-18(25-4)10-8-16/h7-10,12,17,21H,5-6,11,13H2,1-4H3. The molecule has 1 aromatic heterocycles. The van der Waals surface area contributed by atoms with Gasteiger partial charge in [-0.15, -0.1) is 0 Å². The smallest absolute Gasteiger partial charge is 0.255 e. The van der Waals surface area contributed by atoms with Crippen molar-refractivity contribution in [3.8, 4) is 11.4 Å². The lowest BCUT2D eigenvalue weighted by molar-refractivity contribution is 0.0736. The number of methoxy groups -OCH3 is 1. The van der Waals surface area contributed by atoms with Gasteiger partial charge in [-0.05, 0) is 64.1 Å². The van der Waals surface area contributed by atoms with E-state index in [9.17, 15) is 4.79 Å². The number of carbonyl (C=O) groups excluding carboxylic acids is 1. The number of rotatable bonds is 5. The lowest BCUT2D eigenvalue weighted by Gasteiger charge is -2.24. The molecule has 2 aromatic rings. The van der Waals surface area contributed by atoms with E-state index in [1.807, 2.05) is 56.1 Å². The van der Waals surface area contributed by atoms with Crippen molar-refractivity contribution in [1.82, 2.24) is 14.8 Å². The Kier molecular flexibility index (Phi) is 5.13. The first-order valence-electron chi connectivity index (χ1n) is 8.85. The summed E-state index contributed by atoms with van der Waals surface area (Å²) in [7, 11) is 3.60. The van der Waals surface area contributed by atoms with Crippen LogP contribution >= 0.6 is 0 Å². The molecule has 25 heavy (non-hydrogen) atoms. The highest BCUT2D eigenvalue weighted by Crippen LogP contribution is 2.26. The molecule has 134 valence electrons. The molecule has 0 radical (unpaired) electrons. The van der Waals surface area contributed by atoms with Gasteiger partial charge in [-0.1, -0.05) is 0 Å². The van der Waals surface area contributed by atoms with Gasteiger partial charge in [0.1, 0.15) is 5.75 Å². The van der Waals surface area contributed by atoms with Gasteiger partial charge < -0.3 is 19.5 Å². The predicted molar refractivity (Wildman–Crippen MR) is 99.8 cm³/mol. The summed E-state index contributed by atoms with van der Waals surface area (Å²) in [6.07, 6.45) is 2.15. The summed E-state index contributed by atoms with van der Waals surface area (Å²) >= 11 is 0. The molecule has 1 aliphatic rings. The SMILES string of the molecule is CNCC1CCCN1C(=O)c1cc(C)n(-c2ccc(OC)cc2)c1C. The second-order valence-corrected chi connectivity index (χ2v) is 6.67. The zero-order chi connectivity index (χ0) is 18.0. The molecule has 0 aliphatic carbocycles. The molecule has 1 amide bonds. The Morgan fingerprint density at radius 2 is 2.00 bits per heavy atom. The molecule has 1 N–H and O–H groups in total. The molecule has 5 heteroatoms. The summed E-state index contributed by atoms with van der Waals surface area (Å²) in [5, 5.41) is 3.20. The Balaban J connectivity index is 1.92. The van der Waals surface area contributed by atoms with Crippen molar-refractivity contribution in [2.45, 2.75) is 32.7 Å². The number of aromatic nitrogens is 1. The van der Waals surface area contributed by atoms with Crippen molar-refractivity contribution in [3.05, 3.63) is 47.3 Å². The number of ether oxygens (including phenoxy) is 1. The fourth-order valence-corrected chi connectivity index (χ4v) is 3.81. The maximum atomic E-state index is 13.1. The van der Waals surface area contributed by atoms with Crippen molar-refractivity contribution in [2.24, 2.45) is 0 Å². The minimum absolute atomic E-state index is 0.144. The number of hydrogen-bond donors (Lipinski definition) is 1. The monoisotopic (exact) mass is 341 g/mol. The summed E-state index contributed by atoms with van der Waals surface area (Å²) in [5.41, 5.74) is 3.90. The lowest BCUT2D eigenvalue weighted by atomic mass is 10.1. The number of likely N-dealkylation sites (N-methyl/N-ethyl adjacent to an activating group) is 1. The molecular formula is C20H27N3O2. The van der Waals surface area contributed by atoms with Gasteiger partial charge in [0.05, 0.1) is 12.7 Å². The first-order chi connectivity index (χ1) is 12.1. The number of nitrogens with zero attached hydrogens (tertiary/aromatic N) is 2. The van der Waals surface area contributed by atoms with Crippen LogP contribution in [-0.4, -0.2) is 48.7 Å². The molecule has 1 saturated heterocycles. The molecule has 3 rings (SSSR count). The molecular weight excluding hydrogens is 314 g/mol. The fraction of sp³-hybridized carbons (Fsp3) is 0.450. The number of likely N-dealkylation sites (tertiary alicyclic amines) is 1. The zero-order valence-electron chi connectivity index (χ0n) is 15.5. The van der Waals surface area contributed by atoms with E-state index < -0.39 is 0 Å². The van der Waals surface area contributed by atoms with Gasteiger partial charge in [0, 0.05) is 36.2 Å². The zero-order valence-corrected chi connectivity index (χ0v) is 15.5. The summed E-state index contributed by atoms with van der Waals surface area (Å²) in [5.74, 6) is 0.972. The summed E-state index contributed by atoms with van der Waals surface area (Å²) in [6, 6.07) is 10.2. The van der Waals surface area contributed by atoms with Gasteiger partial charge in [-0.2, -0.15) is 0 Å². The van der Waals surface area contributed by atoms with Gasteiger partial charge in [0.15, 0.2) is 0 Å². The van der Waals surface area contributed by atoms with Gasteiger partial charge in [-0.25, -0.2) is 0 Å². The van der Waals surface area contributed by atoms with Crippen LogP contribution in [0.2, 0.25) is 0 Å². The maximum Gasteiger partial charge on any atom is 0.255 e. The molecule has 0 bridgehead atoms. The normalized spacial score (nSPS) is 17.1. The van der Waals surface area contributed by atoms with E-state index in [0.717, 1.165) is 54.3 Å². The Labute approximate surface area is 149 Å². The third kappa shape index (κ3) is 3.29. The molecule has 0 saturated carbocycles. The van der Waals surface area contributed by atoms with Crippen LogP contribution < -0.4 is 10.1 Å². The average molecular weight is 341 g/mol. The summed E-state index contributed by atoms with van der Waals surface area (Å²) in [6.45, 7) is 5.76. The third-order valence-electron chi connectivity index (χ3n) is 5.07. The molecule has 1 unspecified atom stereocenters. The first-order valence-corrected chi connectivity index (χ1v) is 8.85. The molecule has 2 heterocycles. The second kappa shape index (κ2) is 7.31. The van der Waals surface area contributed by atoms with E-state index in [-0.39, 0.29) is 5.91 Å². The van der Waals surface area contributed by atoms with Crippen LogP contribution in [0, 0.1) is 13.8 Å². The Morgan fingerprint density at radius 3 is 2.64 bits per heavy atom. The van der Waals surface area contributed by atoms with Gasteiger partial charge in [0.25, 0.3) is 5.91 Å². The van der Waals surface area contributed by atoms with Crippen LogP contribution in [0.3, 0.4) is 0 Å². The van der Waals surface area contributed by atoms with E-state index >= 15 is 0 Å². The average Bonchev–Trinajstić information content (AvgIpc) is 3.19. The van der Waals surface area contributed by atoms with Crippen LogP contribution in [0.5, 0.6) is 5.75 Å². The largest absolute Gasteiger partial charge is 0.497 e. The first kappa shape index (κ1) is 17.5. The Bertz CT molecular complexity index is 749. The third-order valence-corrected chi connectivity index (χ3v) is 5.07. The molecule has 0 spiro atoms. The van der Waals surface area contributed by atoms with Crippen molar-refractivity contribution in [3.63, 3.8) is 0 Å². The maximum absolute atomic E-state index is 13.1.